The van der Waals surface area contributed by atoms with Crippen LogP contribution in [0.15, 0.2) is 53.1 Å². The highest BCUT2D eigenvalue weighted by atomic mass is 35.5. The summed E-state index contributed by atoms with van der Waals surface area (Å²) in [5.74, 6) is 1.18. The second-order valence-electron chi connectivity index (χ2n) is 6.02. The molecule has 1 atom stereocenters. The second-order valence-corrected chi connectivity index (χ2v) is 6.46. The number of aromatic nitrogens is 2. The molecule has 1 heterocycles. The lowest BCUT2D eigenvalue weighted by Gasteiger charge is -2.23. The number of hydrogen-bond acceptors (Lipinski definition) is 4. The lowest BCUT2D eigenvalue weighted by atomic mass is 10.1. The van der Waals surface area contributed by atoms with Gasteiger partial charge in [-0.25, -0.2) is 0 Å². The van der Waals surface area contributed by atoms with Crippen LogP contribution in [0.25, 0.3) is 11.4 Å². The van der Waals surface area contributed by atoms with E-state index in [-0.39, 0.29) is 6.04 Å². The maximum Gasteiger partial charge on any atom is 0.241 e. The van der Waals surface area contributed by atoms with Gasteiger partial charge in [-0.2, -0.15) is 4.98 Å². The zero-order valence-corrected chi connectivity index (χ0v) is 14.8. The van der Waals surface area contributed by atoms with E-state index in [1.807, 2.05) is 24.3 Å². The van der Waals surface area contributed by atoms with Gasteiger partial charge in [-0.1, -0.05) is 46.6 Å². The van der Waals surface area contributed by atoms with Crippen LogP contribution in [0.2, 0.25) is 5.02 Å². The van der Waals surface area contributed by atoms with Crippen LogP contribution in [-0.2, 0) is 6.54 Å². The lowest BCUT2D eigenvalue weighted by Crippen LogP contribution is -2.22. The zero-order chi connectivity index (χ0) is 17.1. The third-order valence-electron chi connectivity index (χ3n) is 4.18. The molecule has 1 aromatic heterocycles. The summed E-state index contributed by atoms with van der Waals surface area (Å²) in [6.45, 7) is 4.85. The Hall–Kier alpha value is -2.17. The fraction of sp³-hybridized carbons (Fsp3) is 0.263. The lowest BCUT2D eigenvalue weighted by molar-refractivity contribution is 0.216. The Bertz CT molecular complexity index is 796. The van der Waals surface area contributed by atoms with Gasteiger partial charge in [0, 0.05) is 16.6 Å². The van der Waals surface area contributed by atoms with E-state index >= 15 is 0 Å². The average molecular weight is 342 g/mol. The van der Waals surface area contributed by atoms with Gasteiger partial charge in [0.25, 0.3) is 0 Å². The Labute approximate surface area is 147 Å². The SMILES string of the molecule is Cc1ccc([C@H](C)N(C)Cc2nc(-c3ccc(Cl)cc3)no2)cc1. The van der Waals surface area contributed by atoms with Gasteiger partial charge in [0.05, 0.1) is 6.54 Å². The minimum atomic E-state index is 0.261. The molecule has 4 nitrogen and oxygen atoms in total. The number of aryl methyl sites for hydroxylation is 1. The van der Waals surface area contributed by atoms with Gasteiger partial charge in [-0.3, -0.25) is 4.90 Å². The standard InChI is InChI=1S/C19H20ClN3O/c1-13-4-6-15(7-5-13)14(2)23(3)12-18-21-19(22-24-18)16-8-10-17(20)11-9-16/h4-11,14H,12H2,1-3H3/t14-/m0/s1. The van der Waals surface area contributed by atoms with Crippen molar-refractivity contribution in [1.29, 1.82) is 0 Å². The summed E-state index contributed by atoms with van der Waals surface area (Å²) in [5.41, 5.74) is 3.42. The largest absolute Gasteiger partial charge is 0.338 e. The first-order valence-electron chi connectivity index (χ1n) is 7.88. The van der Waals surface area contributed by atoms with Gasteiger partial charge in [0.2, 0.25) is 11.7 Å². The molecular weight excluding hydrogens is 322 g/mol. The van der Waals surface area contributed by atoms with Crippen LogP contribution >= 0.6 is 11.6 Å². The van der Waals surface area contributed by atoms with E-state index in [9.17, 15) is 0 Å². The number of nitrogens with zero attached hydrogens (tertiary/aromatic N) is 3. The fourth-order valence-electron chi connectivity index (χ4n) is 2.49. The molecule has 0 N–H and O–H groups in total. The molecule has 0 bridgehead atoms. The van der Waals surface area contributed by atoms with Crippen molar-refractivity contribution in [2.75, 3.05) is 7.05 Å². The van der Waals surface area contributed by atoms with Gasteiger partial charge in [-0.15, -0.1) is 0 Å². The van der Waals surface area contributed by atoms with E-state index in [0.29, 0.717) is 23.3 Å². The highest BCUT2D eigenvalue weighted by molar-refractivity contribution is 6.30. The normalized spacial score (nSPS) is 12.5. The van der Waals surface area contributed by atoms with Gasteiger partial charge in [0.1, 0.15) is 0 Å². The third-order valence-corrected chi connectivity index (χ3v) is 4.43. The van der Waals surface area contributed by atoms with E-state index < -0.39 is 0 Å². The first-order valence-corrected chi connectivity index (χ1v) is 8.26. The molecule has 0 fully saturated rings. The van der Waals surface area contributed by atoms with E-state index in [2.05, 4.69) is 60.2 Å². The van der Waals surface area contributed by atoms with Crippen LogP contribution in [0.3, 0.4) is 0 Å². The van der Waals surface area contributed by atoms with E-state index in [4.69, 9.17) is 16.1 Å². The van der Waals surface area contributed by atoms with Crippen LogP contribution in [0.4, 0.5) is 0 Å². The molecule has 124 valence electrons. The zero-order valence-electron chi connectivity index (χ0n) is 14.0. The maximum absolute atomic E-state index is 5.91. The van der Waals surface area contributed by atoms with E-state index in [0.717, 1.165) is 5.56 Å². The Morgan fingerprint density at radius 2 is 1.75 bits per heavy atom. The highest BCUT2D eigenvalue weighted by Crippen LogP contribution is 2.22. The van der Waals surface area contributed by atoms with Gasteiger partial charge in [-0.05, 0) is 50.7 Å². The quantitative estimate of drug-likeness (QED) is 0.662. The van der Waals surface area contributed by atoms with Gasteiger partial charge < -0.3 is 4.52 Å². The topological polar surface area (TPSA) is 42.2 Å². The molecule has 0 aliphatic rings. The molecule has 0 spiro atoms. The predicted octanol–water partition coefficient (Wildman–Crippen LogP) is 4.89. The Kier molecular flexibility index (Phi) is 4.97. The molecule has 0 aliphatic carbocycles. The highest BCUT2D eigenvalue weighted by Gasteiger charge is 2.16. The molecule has 0 amide bonds. The Morgan fingerprint density at radius 1 is 1.08 bits per heavy atom. The Balaban J connectivity index is 1.69. The van der Waals surface area contributed by atoms with Crippen molar-refractivity contribution in [3.8, 4) is 11.4 Å². The fourth-order valence-corrected chi connectivity index (χ4v) is 2.61. The Morgan fingerprint density at radius 3 is 2.42 bits per heavy atom. The smallest absolute Gasteiger partial charge is 0.241 e. The summed E-state index contributed by atoms with van der Waals surface area (Å²) in [7, 11) is 2.05. The molecule has 3 rings (SSSR count). The number of benzene rings is 2. The average Bonchev–Trinajstić information content (AvgIpc) is 3.04. The van der Waals surface area contributed by atoms with Crippen LogP contribution < -0.4 is 0 Å². The first-order chi connectivity index (χ1) is 11.5. The minimum Gasteiger partial charge on any atom is -0.338 e. The van der Waals surface area contributed by atoms with Crippen molar-refractivity contribution in [2.24, 2.45) is 0 Å². The molecule has 2 aromatic carbocycles. The predicted molar refractivity (Wildman–Crippen MR) is 95.8 cm³/mol. The first kappa shape index (κ1) is 16.7. The number of hydrogen-bond donors (Lipinski definition) is 0. The van der Waals surface area contributed by atoms with Crippen molar-refractivity contribution in [1.82, 2.24) is 15.0 Å². The summed E-state index contributed by atoms with van der Waals surface area (Å²) in [4.78, 5) is 6.66. The molecule has 0 saturated carbocycles. The minimum absolute atomic E-state index is 0.261. The molecular formula is C19H20ClN3O. The monoisotopic (exact) mass is 341 g/mol. The van der Waals surface area contributed by atoms with Crippen LogP contribution in [0.5, 0.6) is 0 Å². The van der Waals surface area contributed by atoms with E-state index in [1.165, 1.54) is 11.1 Å². The summed E-state index contributed by atoms with van der Waals surface area (Å²) in [6.07, 6.45) is 0. The molecule has 0 aliphatic heterocycles. The molecule has 0 unspecified atom stereocenters. The molecule has 24 heavy (non-hydrogen) atoms. The van der Waals surface area contributed by atoms with Crippen LogP contribution in [-0.4, -0.2) is 22.1 Å². The number of halogens is 1. The van der Waals surface area contributed by atoms with Crippen LogP contribution in [0.1, 0.15) is 30.0 Å². The maximum atomic E-state index is 5.91. The van der Waals surface area contributed by atoms with Crippen molar-refractivity contribution >= 4 is 11.6 Å². The summed E-state index contributed by atoms with van der Waals surface area (Å²) in [6, 6.07) is 16.2. The van der Waals surface area contributed by atoms with Crippen molar-refractivity contribution in [3.05, 3.63) is 70.6 Å². The van der Waals surface area contributed by atoms with Gasteiger partial charge >= 0.3 is 0 Å². The molecule has 0 saturated heterocycles. The van der Waals surface area contributed by atoms with E-state index in [1.54, 1.807) is 0 Å². The number of rotatable bonds is 5. The molecule has 5 heteroatoms. The third kappa shape index (κ3) is 3.83. The summed E-state index contributed by atoms with van der Waals surface area (Å²) < 4.78 is 5.39. The van der Waals surface area contributed by atoms with Crippen molar-refractivity contribution < 1.29 is 4.52 Å². The summed E-state index contributed by atoms with van der Waals surface area (Å²) >= 11 is 5.91. The van der Waals surface area contributed by atoms with Crippen molar-refractivity contribution in [2.45, 2.75) is 26.4 Å². The summed E-state index contributed by atoms with van der Waals surface area (Å²) in [5, 5.41) is 4.75. The van der Waals surface area contributed by atoms with Crippen LogP contribution in [0, 0.1) is 6.92 Å². The molecule has 3 aromatic rings. The van der Waals surface area contributed by atoms with Gasteiger partial charge in [0.15, 0.2) is 0 Å². The molecule has 0 radical (unpaired) electrons. The second kappa shape index (κ2) is 7.16. The van der Waals surface area contributed by atoms with Crippen molar-refractivity contribution in [3.63, 3.8) is 0 Å².